The van der Waals surface area contributed by atoms with E-state index >= 15 is 0 Å². The fourth-order valence-electron chi connectivity index (χ4n) is 2.97. The zero-order chi connectivity index (χ0) is 14.8. The van der Waals surface area contributed by atoms with Gasteiger partial charge in [0, 0.05) is 12.2 Å². The number of sulfonamides is 1. The fraction of sp³-hybridized carbons (Fsp3) is 0.600. The van der Waals surface area contributed by atoms with Gasteiger partial charge < -0.3 is 5.32 Å². The minimum atomic E-state index is -3.63. The summed E-state index contributed by atoms with van der Waals surface area (Å²) in [6, 6.07) is 4.99. The Bertz CT molecular complexity index is 569. The van der Waals surface area contributed by atoms with E-state index in [2.05, 4.69) is 12.2 Å². The van der Waals surface area contributed by atoms with E-state index in [0.29, 0.717) is 5.92 Å². The summed E-state index contributed by atoms with van der Waals surface area (Å²) in [5.74, 6) is 1.48. The van der Waals surface area contributed by atoms with Gasteiger partial charge in [0.2, 0.25) is 10.0 Å². The Kier molecular flexibility index (Phi) is 4.70. The van der Waals surface area contributed by atoms with E-state index < -0.39 is 10.0 Å². The second-order valence-electron chi connectivity index (χ2n) is 6.04. The Morgan fingerprint density at radius 2 is 2.10 bits per heavy atom. The van der Waals surface area contributed by atoms with Crippen LogP contribution in [-0.4, -0.2) is 15.0 Å². The molecule has 0 radical (unpaired) electrons. The van der Waals surface area contributed by atoms with Crippen LogP contribution in [0.3, 0.4) is 0 Å². The molecule has 0 heterocycles. The number of nitrogens with one attached hydrogen (secondary N) is 1. The SMILES string of the molecule is Cc1ccc(S(N)(=O)=O)cc1NCC1CCCC(C)C1. The van der Waals surface area contributed by atoms with Gasteiger partial charge >= 0.3 is 0 Å². The van der Waals surface area contributed by atoms with E-state index in [1.807, 2.05) is 6.92 Å². The first kappa shape index (κ1) is 15.3. The highest BCUT2D eigenvalue weighted by atomic mass is 32.2. The molecule has 112 valence electrons. The van der Waals surface area contributed by atoms with Crippen molar-refractivity contribution in [2.24, 2.45) is 17.0 Å². The summed E-state index contributed by atoms with van der Waals surface area (Å²) in [7, 11) is -3.63. The van der Waals surface area contributed by atoms with E-state index in [1.165, 1.54) is 25.7 Å². The topological polar surface area (TPSA) is 72.2 Å². The summed E-state index contributed by atoms with van der Waals surface area (Å²) < 4.78 is 22.8. The maximum absolute atomic E-state index is 11.4. The lowest BCUT2D eigenvalue weighted by Gasteiger charge is -2.27. The Hall–Kier alpha value is -1.07. The van der Waals surface area contributed by atoms with Crippen LogP contribution < -0.4 is 10.5 Å². The molecule has 1 saturated carbocycles. The van der Waals surface area contributed by atoms with Crippen LogP contribution in [0, 0.1) is 18.8 Å². The second-order valence-corrected chi connectivity index (χ2v) is 7.60. The quantitative estimate of drug-likeness (QED) is 0.897. The highest BCUT2D eigenvalue weighted by molar-refractivity contribution is 7.89. The first-order valence-corrected chi connectivity index (χ1v) is 8.78. The average molecular weight is 296 g/mol. The van der Waals surface area contributed by atoms with E-state index in [9.17, 15) is 8.42 Å². The molecule has 0 saturated heterocycles. The van der Waals surface area contributed by atoms with Crippen LogP contribution in [0.1, 0.15) is 38.2 Å². The third-order valence-corrected chi connectivity index (χ3v) is 5.07. The average Bonchev–Trinajstić information content (AvgIpc) is 2.36. The zero-order valence-electron chi connectivity index (χ0n) is 12.2. The summed E-state index contributed by atoms with van der Waals surface area (Å²) in [6.45, 7) is 5.18. The Balaban J connectivity index is 2.05. The monoisotopic (exact) mass is 296 g/mol. The highest BCUT2D eigenvalue weighted by Crippen LogP contribution is 2.29. The number of benzene rings is 1. The zero-order valence-corrected chi connectivity index (χ0v) is 13.0. The highest BCUT2D eigenvalue weighted by Gasteiger charge is 2.19. The van der Waals surface area contributed by atoms with Gasteiger partial charge in [-0.25, -0.2) is 13.6 Å². The molecule has 3 N–H and O–H groups in total. The van der Waals surface area contributed by atoms with Crippen molar-refractivity contribution in [3.63, 3.8) is 0 Å². The number of nitrogens with two attached hydrogens (primary N) is 1. The molecule has 1 aliphatic carbocycles. The Morgan fingerprint density at radius 1 is 1.35 bits per heavy atom. The Labute approximate surface area is 121 Å². The molecule has 1 aromatic carbocycles. The molecular weight excluding hydrogens is 272 g/mol. The molecule has 0 spiro atoms. The van der Waals surface area contributed by atoms with Crippen LogP contribution in [0.2, 0.25) is 0 Å². The molecule has 2 unspecified atom stereocenters. The van der Waals surface area contributed by atoms with Crippen molar-refractivity contribution in [1.29, 1.82) is 0 Å². The maximum atomic E-state index is 11.4. The smallest absolute Gasteiger partial charge is 0.238 e. The van der Waals surface area contributed by atoms with Crippen LogP contribution in [0.15, 0.2) is 23.1 Å². The normalized spacial score (nSPS) is 23.6. The van der Waals surface area contributed by atoms with Gasteiger partial charge in [-0.3, -0.25) is 0 Å². The van der Waals surface area contributed by atoms with Crippen molar-refractivity contribution in [3.8, 4) is 0 Å². The van der Waals surface area contributed by atoms with Crippen LogP contribution >= 0.6 is 0 Å². The number of hydrogen-bond acceptors (Lipinski definition) is 3. The minimum Gasteiger partial charge on any atom is -0.385 e. The Morgan fingerprint density at radius 3 is 2.75 bits per heavy atom. The summed E-state index contributed by atoms with van der Waals surface area (Å²) in [6.07, 6.45) is 5.13. The molecule has 0 aliphatic heterocycles. The molecule has 5 heteroatoms. The predicted molar refractivity (Wildman–Crippen MR) is 82.2 cm³/mol. The van der Waals surface area contributed by atoms with Crippen molar-refractivity contribution in [2.45, 2.75) is 44.4 Å². The van der Waals surface area contributed by atoms with Gasteiger partial charge in [0.15, 0.2) is 0 Å². The van der Waals surface area contributed by atoms with Crippen LogP contribution in [-0.2, 0) is 10.0 Å². The standard InChI is InChI=1S/C15H24N2O2S/c1-11-4-3-5-13(8-11)10-17-15-9-14(20(16,18)19)7-6-12(15)2/h6-7,9,11,13,17H,3-5,8,10H2,1-2H3,(H2,16,18,19). The number of anilines is 1. The molecule has 1 aromatic rings. The first-order valence-electron chi connectivity index (χ1n) is 7.23. The maximum Gasteiger partial charge on any atom is 0.238 e. The van der Waals surface area contributed by atoms with Gasteiger partial charge in [-0.05, 0) is 49.3 Å². The molecular formula is C15H24N2O2S. The molecule has 0 aromatic heterocycles. The van der Waals surface area contributed by atoms with Gasteiger partial charge in [-0.1, -0.05) is 25.8 Å². The number of rotatable bonds is 4. The lowest BCUT2D eigenvalue weighted by Crippen LogP contribution is -2.21. The molecule has 2 atom stereocenters. The van der Waals surface area contributed by atoms with Gasteiger partial charge in [-0.2, -0.15) is 0 Å². The molecule has 1 aliphatic rings. The van der Waals surface area contributed by atoms with Crippen molar-refractivity contribution in [3.05, 3.63) is 23.8 Å². The fourth-order valence-corrected chi connectivity index (χ4v) is 3.51. The van der Waals surface area contributed by atoms with Gasteiger partial charge in [0.25, 0.3) is 0 Å². The third-order valence-electron chi connectivity index (χ3n) is 4.16. The van der Waals surface area contributed by atoms with Crippen molar-refractivity contribution in [1.82, 2.24) is 0 Å². The van der Waals surface area contributed by atoms with E-state index in [0.717, 1.165) is 23.7 Å². The van der Waals surface area contributed by atoms with E-state index in [1.54, 1.807) is 18.2 Å². The largest absolute Gasteiger partial charge is 0.385 e. The van der Waals surface area contributed by atoms with Crippen molar-refractivity contribution >= 4 is 15.7 Å². The van der Waals surface area contributed by atoms with Gasteiger partial charge in [-0.15, -0.1) is 0 Å². The third kappa shape index (κ3) is 3.96. The molecule has 4 nitrogen and oxygen atoms in total. The predicted octanol–water partition coefficient (Wildman–Crippen LogP) is 2.88. The van der Waals surface area contributed by atoms with Crippen LogP contribution in [0.5, 0.6) is 0 Å². The first-order chi connectivity index (χ1) is 9.36. The lowest BCUT2D eigenvalue weighted by molar-refractivity contribution is 0.293. The minimum absolute atomic E-state index is 0.169. The van der Waals surface area contributed by atoms with Crippen LogP contribution in [0.4, 0.5) is 5.69 Å². The lowest BCUT2D eigenvalue weighted by atomic mass is 9.82. The van der Waals surface area contributed by atoms with Gasteiger partial charge in [0.1, 0.15) is 0 Å². The summed E-state index contributed by atoms with van der Waals surface area (Å²) in [4.78, 5) is 0.169. The van der Waals surface area contributed by atoms with E-state index in [-0.39, 0.29) is 4.90 Å². The number of aryl methyl sites for hydroxylation is 1. The van der Waals surface area contributed by atoms with Crippen LogP contribution in [0.25, 0.3) is 0 Å². The molecule has 0 bridgehead atoms. The van der Waals surface area contributed by atoms with Gasteiger partial charge in [0.05, 0.1) is 4.90 Å². The summed E-state index contributed by atoms with van der Waals surface area (Å²) >= 11 is 0. The summed E-state index contributed by atoms with van der Waals surface area (Å²) in [5.41, 5.74) is 1.91. The van der Waals surface area contributed by atoms with Crippen molar-refractivity contribution < 1.29 is 8.42 Å². The van der Waals surface area contributed by atoms with Crippen molar-refractivity contribution in [2.75, 3.05) is 11.9 Å². The number of primary sulfonamides is 1. The second kappa shape index (κ2) is 6.14. The molecule has 20 heavy (non-hydrogen) atoms. The molecule has 0 amide bonds. The number of hydrogen-bond donors (Lipinski definition) is 2. The molecule has 2 rings (SSSR count). The van der Waals surface area contributed by atoms with E-state index in [4.69, 9.17) is 5.14 Å². The molecule has 1 fully saturated rings. The summed E-state index contributed by atoms with van der Waals surface area (Å²) in [5, 5.41) is 8.57.